The van der Waals surface area contributed by atoms with Gasteiger partial charge in [-0.2, -0.15) is 0 Å². The molecule has 3 heteroatoms. The summed E-state index contributed by atoms with van der Waals surface area (Å²) >= 11 is 0. The number of carbonyl (C=O) groups excluding carboxylic acids is 2. The average molecular weight is 328 g/mol. The van der Waals surface area contributed by atoms with Crippen LogP contribution in [-0.4, -0.2) is 22.8 Å². The Bertz CT molecular complexity index is 660. The van der Waals surface area contributed by atoms with Gasteiger partial charge in [-0.15, -0.1) is 0 Å². The van der Waals surface area contributed by atoms with Crippen molar-refractivity contribution in [2.45, 2.75) is 59.0 Å². The molecule has 3 fully saturated rings. The summed E-state index contributed by atoms with van der Waals surface area (Å²) in [5.41, 5.74) is 0.935. The predicted molar refractivity (Wildman–Crippen MR) is 92.2 cm³/mol. The Morgan fingerprint density at radius 2 is 2.00 bits per heavy atom. The first-order valence-electron chi connectivity index (χ1n) is 9.40. The highest BCUT2D eigenvalue weighted by Crippen LogP contribution is 2.65. The Morgan fingerprint density at radius 3 is 2.71 bits per heavy atom. The zero-order valence-corrected chi connectivity index (χ0v) is 14.9. The Labute approximate surface area is 144 Å². The number of hydrogen-bond donors (Lipinski definition) is 1. The van der Waals surface area contributed by atoms with Gasteiger partial charge in [0.1, 0.15) is 5.78 Å². The lowest BCUT2D eigenvalue weighted by Gasteiger charge is -2.58. The minimum Gasteiger partial charge on any atom is -0.393 e. The maximum absolute atomic E-state index is 12.2. The largest absolute Gasteiger partial charge is 0.393 e. The van der Waals surface area contributed by atoms with E-state index in [0.717, 1.165) is 25.7 Å². The number of aliphatic hydroxyl groups excluding tert-OH is 1. The van der Waals surface area contributed by atoms with Gasteiger partial charge in [0.05, 0.1) is 6.10 Å². The molecule has 24 heavy (non-hydrogen) atoms. The van der Waals surface area contributed by atoms with E-state index in [1.165, 1.54) is 5.57 Å². The number of rotatable bonds is 1. The molecule has 6 unspecified atom stereocenters. The summed E-state index contributed by atoms with van der Waals surface area (Å²) < 4.78 is 0. The summed E-state index contributed by atoms with van der Waals surface area (Å²) in [5, 5.41) is 11.1. The second-order valence-electron chi connectivity index (χ2n) is 9.04. The molecule has 0 aliphatic heterocycles. The van der Waals surface area contributed by atoms with Gasteiger partial charge in [0, 0.05) is 17.3 Å². The summed E-state index contributed by atoms with van der Waals surface area (Å²) in [5.74, 6) is 1.61. The van der Waals surface area contributed by atoms with E-state index in [2.05, 4.69) is 13.8 Å². The molecular weight excluding hydrogens is 300 g/mol. The van der Waals surface area contributed by atoms with Crippen LogP contribution in [0.3, 0.4) is 0 Å². The zero-order chi connectivity index (χ0) is 17.3. The van der Waals surface area contributed by atoms with Crippen molar-refractivity contribution in [2.24, 2.45) is 34.5 Å². The summed E-state index contributed by atoms with van der Waals surface area (Å²) in [6.07, 6.45) is 9.89. The Balaban J connectivity index is 1.74. The van der Waals surface area contributed by atoms with Gasteiger partial charge in [-0.05, 0) is 68.4 Å². The van der Waals surface area contributed by atoms with E-state index in [4.69, 9.17) is 0 Å². The number of Topliss-reactive ketones (excluding diaryl/α,β-unsaturated/α-hetero) is 1. The van der Waals surface area contributed by atoms with Crippen molar-refractivity contribution in [1.29, 1.82) is 0 Å². The highest BCUT2D eigenvalue weighted by atomic mass is 16.3. The van der Waals surface area contributed by atoms with E-state index in [1.807, 2.05) is 6.08 Å². The van der Waals surface area contributed by atoms with E-state index in [9.17, 15) is 14.7 Å². The number of fused-ring (bicyclic) bond motifs is 5. The minimum absolute atomic E-state index is 0.0573. The summed E-state index contributed by atoms with van der Waals surface area (Å²) in [7, 11) is 0. The van der Waals surface area contributed by atoms with Crippen LogP contribution >= 0.6 is 0 Å². The van der Waals surface area contributed by atoms with Crippen molar-refractivity contribution in [3.8, 4) is 0 Å². The zero-order valence-electron chi connectivity index (χ0n) is 14.9. The lowest BCUT2D eigenvalue weighted by molar-refractivity contribution is -0.137. The fourth-order valence-corrected chi connectivity index (χ4v) is 6.99. The van der Waals surface area contributed by atoms with Crippen molar-refractivity contribution in [3.05, 3.63) is 23.8 Å². The van der Waals surface area contributed by atoms with Crippen LogP contribution in [0.4, 0.5) is 0 Å². The van der Waals surface area contributed by atoms with Gasteiger partial charge in [0.15, 0.2) is 5.78 Å². The first-order chi connectivity index (χ1) is 11.3. The molecule has 3 saturated carbocycles. The second kappa shape index (κ2) is 5.14. The Kier molecular flexibility index (Phi) is 3.48. The molecule has 0 bridgehead atoms. The highest BCUT2D eigenvalue weighted by Gasteiger charge is 2.62. The molecule has 0 spiro atoms. The first kappa shape index (κ1) is 16.3. The number of allylic oxidation sites excluding steroid dienone is 4. The quantitative estimate of drug-likeness (QED) is 0.802. The molecule has 0 aromatic carbocycles. The highest BCUT2D eigenvalue weighted by molar-refractivity contribution is 6.01. The molecule has 0 aromatic rings. The van der Waals surface area contributed by atoms with Gasteiger partial charge in [-0.25, -0.2) is 0 Å². The van der Waals surface area contributed by atoms with E-state index in [1.54, 1.807) is 19.1 Å². The molecule has 4 aliphatic carbocycles. The SMILES string of the molecule is CC(=O)C1CCC2C3CCC4=CC(=O)C=C[C@]4(C)C3C(O)CC12C. The van der Waals surface area contributed by atoms with E-state index < -0.39 is 6.10 Å². The number of carbonyl (C=O) groups is 2. The second-order valence-corrected chi connectivity index (χ2v) is 9.04. The Morgan fingerprint density at radius 1 is 1.25 bits per heavy atom. The van der Waals surface area contributed by atoms with Crippen molar-refractivity contribution >= 4 is 11.6 Å². The third-order valence-corrected chi connectivity index (χ3v) is 7.98. The van der Waals surface area contributed by atoms with Crippen LogP contribution in [0.1, 0.15) is 52.9 Å². The molecule has 4 aliphatic rings. The van der Waals surface area contributed by atoms with Crippen LogP contribution in [-0.2, 0) is 9.59 Å². The van der Waals surface area contributed by atoms with Crippen molar-refractivity contribution in [3.63, 3.8) is 0 Å². The number of hydrogen-bond acceptors (Lipinski definition) is 3. The van der Waals surface area contributed by atoms with E-state index in [0.29, 0.717) is 18.3 Å². The average Bonchev–Trinajstić information content (AvgIpc) is 2.84. The molecule has 4 rings (SSSR count). The molecule has 1 N–H and O–H groups in total. The van der Waals surface area contributed by atoms with E-state index >= 15 is 0 Å². The van der Waals surface area contributed by atoms with Crippen molar-refractivity contribution < 1.29 is 14.7 Å². The Hall–Kier alpha value is -1.22. The van der Waals surface area contributed by atoms with Crippen molar-refractivity contribution in [2.75, 3.05) is 0 Å². The normalized spacial score (nSPS) is 49.9. The summed E-state index contributed by atoms with van der Waals surface area (Å²) in [6, 6.07) is 0. The summed E-state index contributed by atoms with van der Waals surface area (Å²) in [6.45, 7) is 6.15. The third kappa shape index (κ3) is 2.00. The van der Waals surface area contributed by atoms with Gasteiger partial charge in [-0.3, -0.25) is 9.59 Å². The van der Waals surface area contributed by atoms with Crippen molar-refractivity contribution in [1.82, 2.24) is 0 Å². The molecule has 3 nitrogen and oxygen atoms in total. The van der Waals surface area contributed by atoms with Crippen LogP contribution in [0.15, 0.2) is 23.8 Å². The van der Waals surface area contributed by atoms with Crippen LogP contribution < -0.4 is 0 Å². The molecular formula is C21H28O3. The molecule has 0 saturated heterocycles. The molecule has 0 heterocycles. The molecule has 130 valence electrons. The molecule has 0 aromatic heterocycles. The fraction of sp³-hybridized carbons (Fsp3) is 0.714. The van der Waals surface area contributed by atoms with Gasteiger partial charge in [0.25, 0.3) is 0 Å². The number of ketones is 2. The van der Waals surface area contributed by atoms with Crippen LogP contribution in [0.5, 0.6) is 0 Å². The first-order valence-corrected chi connectivity index (χ1v) is 9.40. The van der Waals surface area contributed by atoms with Gasteiger partial charge >= 0.3 is 0 Å². The van der Waals surface area contributed by atoms with Crippen LogP contribution in [0.25, 0.3) is 0 Å². The fourth-order valence-electron chi connectivity index (χ4n) is 6.99. The maximum atomic E-state index is 12.2. The van der Waals surface area contributed by atoms with Crippen LogP contribution in [0.2, 0.25) is 0 Å². The topological polar surface area (TPSA) is 54.4 Å². The molecule has 7 atom stereocenters. The standard InChI is InChI=1S/C21H28O3/c1-12(22)16-6-7-17-15-5-4-13-10-14(23)8-9-20(13,2)19(15)18(24)11-21(16,17)3/h8-10,15-19,24H,4-7,11H2,1-3H3/t15?,16?,17?,18?,19?,20-,21?/m0/s1. The van der Waals surface area contributed by atoms with Gasteiger partial charge in [0.2, 0.25) is 0 Å². The maximum Gasteiger partial charge on any atom is 0.178 e. The molecule has 0 radical (unpaired) electrons. The third-order valence-electron chi connectivity index (χ3n) is 7.98. The monoisotopic (exact) mass is 328 g/mol. The predicted octanol–water partition coefficient (Wildman–Crippen LogP) is 3.47. The number of aliphatic hydroxyl groups is 1. The summed E-state index contributed by atoms with van der Waals surface area (Å²) in [4.78, 5) is 24.0. The smallest absolute Gasteiger partial charge is 0.178 e. The lowest BCUT2D eigenvalue weighted by atomic mass is 9.46. The lowest BCUT2D eigenvalue weighted by Crippen LogP contribution is -2.56. The van der Waals surface area contributed by atoms with Gasteiger partial charge in [-0.1, -0.05) is 25.5 Å². The molecule has 0 amide bonds. The van der Waals surface area contributed by atoms with Crippen LogP contribution in [0, 0.1) is 34.5 Å². The minimum atomic E-state index is -0.400. The van der Waals surface area contributed by atoms with Gasteiger partial charge < -0.3 is 5.11 Å². The van der Waals surface area contributed by atoms with E-state index in [-0.39, 0.29) is 34.2 Å².